The Morgan fingerprint density at radius 3 is 2.52 bits per heavy atom. The maximum atomic E-state index is 13.2. The summed E-state index contributed by atoms with van der Waals surface area (Å²) in [5.74, 6) is 2.50. The molecule has 3 nitrogen and oxygen atoms in total. The summed E-state index contributed by atoms with van der Waals surface area (Å²) < 4.78 is 0. The minimum atomic E-state index is -0.0240. The lowest BCUT2D eigenvalue weighted by Gasteiger charge is -2.34. The number of nitrogens with zero attached hydrogens (tertiary/aromatic N) is 1. The van der Waals surface area contributed by atoms with Gasteiger partial charge in [0.2, 0.25) is 5.91 Å². The lowest BCUT2D eigenvalue weighted by molar-refractivity contribution is -0.142. The zero-order valence-electron chi connectivity index (χ0n) is 13.8. The van der Waals surface area contributed by atoms with Crippen molar-refractivity contribution in [2.24, 2.45) is 28.9 Å². The predicted molar refractivity (Wildman–Crippen MR) is 85.7 cm³/mol. The highest BCUT2D eigenvalue weighted by molar-refractivity contribution is 5.83. The molecule has 21 heavy (non-hydrogen) atoms. The Balaban J connectivity index is 1.69. The van der Waals surface area contributed by atoms with E-state index in [2.05, 4.69) is 18.7 Å². The third kappa shape index (κ3) is 2.99. The van der Waals surface area contributed by atoms with Gasteiger partial charge >= 0.3 is 0 Å². The van der Waals surface area contributed by atoms with Crippen LogP contribution in [-0.4, -0.2) is 29.9 Å². The number of hydrogen-bond donors (Lipinski definition) is 1. The van der Waals surface area contributed by atoms with Gasteiger partial charge in [0.05, 0.1) is 0 Å². The van der Waals surface area contributed by atoms with E-state index in [0.29, 0.717) is 23.8 Å². The van der Waals surface area contributed by atoms with Crippen LogP contribution in [0.3, 0.4) is 0 Å². The van der Waals surface area contributed by atoms with Crippen LogP contribution in [-0.2, 0) is 4.79 Å². The second kappa shape index (κ2) is 5.91. The summed E-state index contributed by atoms with van der Waals surface area (Å²) in [5.41, 5.74) is 6.10. The number of carbonyl (C=O) groups is 1. The van der Waals surface area contributed by atoms with E-state index in [4.69, 9.17) is 5.73 Å². The molecule has 1 unspecified atom stereocenters. The molecule has 2 N–H and O–H groups in total. The smallest absolute Gasteiger partial charge is 0.228 e. The Morgan fingerprint density at radius 2 is 1.86 bits per heavy atom. The van der Waals surface area contributed by atoms with E-state index >= 15 is 0 Å². The van der Waals surface area contributed by atoms with E-state index in [9.17, 15) is 4.79 Å². The van der Waals surface area contributed by atoms with Crippen LogP contribution in [0, 0.1) is 23.2 Å². The van der Waals surface area contributed by atoms with Gasteiger partial charge < -0.3 is 10.6 Å². The van der Waals surface area contributed by atoms with Crippen LogP contribution < -0.4 is 5.73 Å². The zero-order chi connectivity index (χ0) is 15.0. The van der Waals surface area contributed by atoms with Crippen molar-refractivity contribution in [3.05, 3.63) is 0 Å². The predicted octanol–water partition coefficient (Wildman–Crippen LogP) is 3.18. The van der Waals surface area contributed by atoms with E-state index in [-0.39, 0.29) is 5.41 Å². The molecule has 3 rings (SSSR count). The van der Waals surface area contributed by atoms with Crippen molar-refractivity contribution in [2.75, 3.05) is 13.1 Å². The molecule has 120 valence electrons. The largest absolute Gasteiger partial charge is 0.342 e. The van der Waals surface area contributed by atoms with Crippen LogP contribution in [0.2, 0.25) is 0 Å². The fraction of sp³-hybridized carbons (Fsp3) is 0.944. The van der Waals surface area contributed by atoms with Crippen molar-refractivity contribution in [3.63, 3.8) is 0 Å². The van der Waals surface area contributed by atoms with Gasteiger partial charge in [0.25, 0.3) is 0 Å². The van der Waals surface area contributed by atoms with E-state index < -0.39 is 0 Å². The van der Waals surface area contributed by atoms with Crippen molar-refractivity contribution in [3.8, 4) is 0 Å². The summed E-state index contributed by atoms with van der Waals surface area (Å²) in [6, 6.07) is 0.373. The first-order valence-corrected chi connectivity index (χ1v) is 9.05. The molecule has 1 saturated heterocycles. The number of rotatable bonds is 3. The minimum absolute atomic E-state index is 0.0240. The van der Waals surface area contributed by atoms with Crippen LogP contribution in [0.5, 0.6) is 0 Å². The standard InChI is InChI=1S/C18H32N2O/c1-13(2)10-18(7-3-4-8-18)17(21)20-11-14-5-6-16(19)9-15(14)12-20/h13-16H,3-12,19H2,1-2H3/t14-,15+,16?/m1/s1. The summed E-state index contributed by atoms with van der Waals surface area (Å²) in [6.45, 7) is 6.51. The van der Waals surface area contributed by atoms with Crippen molar-refractivity contribution >= 4 is 5.91 Å². The number of nitrogens with two attached hydrogens (primary N) is 1. The summed E-state index contributed by atoms with van der Waals surface area (Å²) in [7, 11) is 0. The molecule has 2 saturated carbocycles. The van der Waals surface area contributed by atoms with Gasteiger partial charge in [-0.1, -0.05) is 26.7 Å². The van der Waals surface area contributed by atoms with Crippen molar-refractivity contribution < 1.29 is 4.79 Å². The third-order valence-corrected chi connectivity index (χ3v) is 6.19. The first kappa shape index (κ1) is 15.3. The molecule has 3 atom stereocenters. The van der Waals surface area contributed by atoms with Gasteiger partial charge in [0.15, 0.2) is 0 Å². The van der Waals surface area contributed by atoms with Gasteiger partial charge in [-0.05, 0) is 56.3 Å². The molecule has 3 aliphatic rings. The molecule has 3 fully saturated rings. The molecule has 1 aliphatic heterocycles. The van der Waals surface area contributed by atoms with Crippen LogP contribution >= 0.6 is 0 Å². The summed E-state index contributed by atoms with van der Waals surface area (Å²) in [6.07, 6.45) is 9.31. The number of amides is 1. The third-order valence-electron chi connectivity index (χ3n) is 6.19. The van der Waals surface area contributed by atoms with Gasteiger partial charge in [-0.2, -0.15) is 0 Å². The average Bonchev–Trinajstić information content (AvgIpc) is 3.04. The Labute approximate surface area is 129 Å². The van der Waals surface area contributed by atoms with Gasteiger partial charge in [0.1, 0.15) is 0 Å². The summed E-state index contributed by atoms with van der Waals surface area (Å²) >= 11 is 0. The Bertz CT molecular complexity index is 387. The van der Waals surface area contributed by atoms with Crippen molar-refractivity contribution in [1.82, 2.24) is 4.90 Å². The molecule has 2 aliphatic carbocycles. The van der Waals surface area contributed by atoms with Crippen LogP contribution in [0.4, 0.5) is 0 Å². The van der Waals surface area contributed by atoms with Crippen LogP contribution in [0.15, 0.2) is 0 Å². The lowest BCUT2D eigenvalue weighted by atomic mass is 9.77. The maximum absolute atomic E-state index is 13.2. The molecular weight excluding hydrogens is 260 g/mol. The highest BCUT2D eigenvalue weighted by Crippen LogP contribution is 2.46. The normalized spacial score (nSPS) is 35.2. The van der Waals surface area contributed by atoms with Crippen molar-refractivity contribution in [2.45, 2.75) is 71.3 Å². The fourth-order valence-corrected chi connectivity index (χ4v) is 5.31. The lowest BCUT2D eigenvalue weighted by Crippen LogP contribution is -2.42. The topological polar surface area (TPSA) is 46.3 Å². The van der Waals surface area contributed by atoms with E-state index in [1.165, 1.54) is 19.3 Å². The SMILES string of the molecule is CC(C)CC1(C(=O)N2C[C@H]3CCC(N)C[C@H]3C2)CCCC1. The van der Waals surface area contributed by atoms with Crippen LogP contribution in [0.25, 0.3) is 0 Å². The Kier molecular flexibility index (Phi) is 4.31. The molecule has 0 bridgehead atoms. The first-order chi connectivity index (χ1) is 10.00. The molecule has 1 amide bonds. The van der Waals surface area contributed by atoms with E-state index in [1.54, 1.807) is 0 Å². The zero-order valence-corrected chi connectivity index (χ0v) is 13.8. The second-order valence-electron chi connectivity index (χ2n) is 8.39. The minimum Gasteiger partial charge on any atom is -0.342 e. The number of fused-ring (bicyclic) bond motifs is 1. The number of carbonyl (C=O) groups excluding carboxylic acids is 1. The second-order valence-corrected chi connectivity index (χ2v) is 8.39. The van der Waals surface area contributed by atoms with Gasteiger partial charge in [-0.3, -0.25) is 4.79 Å². The van der Waals surface area contributed by atoms with Gasteiger partial charge in [-0.25, -0.2) is 0 Å². The highest BCUT2D eigenvalue weighted by Gasteiger charge is 2.47. The molecule has 1 heterocycles. The Hall–Kier alpha value is -0.570. The number of likely N-dealkylation sites (tertiary alicyclic amines) is 1. The molecular formula is C18H32N2O. The van der Waals surface area contributed by atoms with E-state index in [1.807, 2.05) is 0 Å². The molecule has 0 spiro atoms. The quantitative estimate of drug-likeness (QED) is 0.868. The molecule has 0 aromatic rings. The van der Waals surface area contributed by atoms with E-state index in [0.717, 1.165) is 51.1 Å². The molecule has 0 aromatic heterocycles. The van der Waals surface area contributed by atoms with Crippen LogP contribution in [0.1, 0.15) is 65.2 Å². The monoisotopic (exact) mass is 292 g/mol. The maximum Gasteiger partial charge on any atom is 0.228 e. The van der Waals surface area contributed by atoms with Crippen molar-refractivity contribution in [1.29, 1.82) is 0 Å². The molecule has 3 heteroatoms. The fourth-order valence-electron chi connectivity index (χ4n) is 5.31. The highest BCUT2D eigenvalue weighted by atomic mass is 16.2. The number of hydrogen-bond acceptors (Lipinski definition) is 2. The Morgan fingerprint density at radius 1 is 1.19 bits per heavy atom. The van der Waals surface area contributed by atoms with Gasteiger partial charge in [-0.15, -0.1) is 0 Å². The van der Waals surface area contributed by atoms with Gasteiger partial charge in [0, 0.05) is 24.5 Å². The molecule has 0 radical (unpaired) electrons. The average molecular weight is 292 g/mol. The first-order valence-electron chi connectivity index (χ1n) is 9.05. The summed E-state index contributed by atoms with van der Waals surface area (Å²) in [5, 5.41) is 0. The summed E-state index contributed by atoms with van der Waals surface area (Å²) in [4.78, 5) is 15.4. The molecule has 0 aromatic carbocycles.